The van der Waals surface area contributed by atoms with Crippen molar-refractivity contribution in [3.63, 3.8) is 0 Å². The maximum Gasteiger partial charge on any atom is 0.336 e. The van der Waals surface area contributed by atoms with Crippen LogP contribution in [0.5, 0.6) is 5.75 Å². The molecule has 0 saturated heterocycles. The third kappa shape index (κ3) is 11.0. The summed E-state index contributed by atoms with van der Waals surface area (Å²) in [7, 11) is 1.53. The van der Waals surface area contributed by atoms with Crippen molar-refractivity contribution in [3.8, 4) is 11.8 Å². The number of nitrogens with two attached hydrogens (primary N) is 1. The molecule has 180 valence electrons. The Kier molecular flexibility index (Phi) is 16.2. The monoisotopic (exact) mass is 461 g/mol. The Balaban J connectivity index is 0.000000836. The maximum absolute atomic E-state index is 10.2. The Morgan fingerprint density at radius 2 is 1.76 bits per heavy atom. The highest BCUT2D eigenvalue weighted by molar-refractivity contribution is 6.08. The molecule has 6 nitrogen and oxygen atoms in total. The van der Waals surface area contributed by atoms with Crippen molar-refractivity contribution in [2.24, 2.45) is 10.7 Å². The highest BCUT2D eigenvalue weighted by atomic mass is 16.5. The Labute approximate surface area is 203 Å². The number of carboxylic acid groups (broad SMARTS) is 1. The minimum atomic E-state index is -0.942. The van der Waals surface area contributed by atoms with Crippen LogP contribution in [0.2, 0.25) is 0 Å². The molecule has 0 fully saturated rings. The Bertz CT molecular complexity index is 1010. The van der Waals surface area contributed by atoms with Gasteiger partial charge >= 0.3 is 5.97 Å². The predicted octanol–water partition coefficient (Wildman–Crippen LogP) is 6.17. The summed E-state index contributed by atoms with van der Waals surface area (Å²) in [6, 6.07) is 19.8. The van der Waals surface area contributed by atoms with Gasteiger partial charge in [-0.3, -0.25) is 4.99 Å². The van der Waals surface area contributed by atoms with E-state index in [9.17, 15) is 10.1 Å². The van der Waals surface area contributed by atoms with Gasteiger partial charge in [0.2, 0.25) is 0 Å². The first-order valence-corrected chi connectivity index (χ1v) is 11.1. The van der Waals surface area contributed by atoms with E-state index in [1.54, 1.807) is 6.92 Å². The summed E-state index contributed by atoms with van der Waals surface area (Å²) in [6.45, 7) is 8.18. The molecule has 0 radical (unpaired) electrons. The zero-order chi connectivity index (χ0) is 25.8. The zero-order valence-corrected chi connectivity index (χ0v) is 20.7. The normalized spacial score (nSPS) is 11.5. The van der Waals surface area contributed by atoms with Gasteiger partial charge in [-0.2, -0.15) is 5.26 Å². The number of aliphatic carboxylic acids is 1. The van der Waals surface area contributed by atoms with Gasteiger partial charge in [0.05, 0.1) is 17.2 Å². The van der Waals surface area contributed by atoms with E-state index in [-0.39, 0.29) is 5.57 Å². The number of carboxylic acids is 1. The number of carbonyl (C=O) groups is 1. The van der Waals surface area contributed by atoms with Crippen molar-refractivity contribution >= 4 is 17.8 Å². The molecule has 0 saturated carbocycles. The lowest BCUT2D eigenvalue weighted by atomic mass is 9.99. The fourth-order valence-corrected chi connectivity index (χ4v) is 2.63. The summed E-state index contributed by atoms with van der Waals surface area (Å²) in [5.74, 6) is -0.157. The SMILES string of the molecule is C/C=C(\C=NC)C(=O)O.CC.CC/C=C(C#N)\C(=C/N)c1ccc(OCc2ccccc2)cc1. The van der Waals surface area contributed by atoms with Gasteiger partial charge in [-0.15, -0.1) is 0 Å². The van der Waals surface area contributed by atoms with Crippen LogP contribution < -0.4 is 10.5 Å². The first kappa shape index (κ1) is 29.9. The Morgan fingerprint density at radius 1 is 1.15 bits per heavy atom. The number of ether oxygens (including phenoxy) is 1. The molecule has 0 heterocycles. The lowest BCUT2D eigenvalue weighted by Crippen LogP contribution is -2.00. The van der Waals surface area contributed by atoms with E-state index in [0.717, 1.165) is 28.9 Å². The van der Waals surface area contributed by atoms with Crippen LogP contribution in [-0.4, -0.2) is 24.3 Å². The van der Waals surface area contributed by atoms with Crippen LogP contribution in [0.25, 0.3) is 5.57 Å². The lowest BCUT2D eigenvalue weighted by Gasteiger charge is -2.09. The second kappa shape index (κ2) is 18.5. The topological polar surface area (TPSA) is 109 Å². The number of hydrogen-bond donors (Lipinski definition) is 2. The van der Waals surface area contributed by atoms with Gasteiger partial charge in [-0.1, -0.05) is 75.4 Å². The lowest BCUT2D eigenvalue weighted by molar-refractivity contribution is -0.132. The molecule has 2 aromatic carbocycles. The number of nitriles is 1. The summed E-state index contributed by atoms with van der Waals surface area (Å²) in [4.78, 5) is 13.7. The average molecular weight is 462 g/mol. The van der Waals surface area contributed by atoms with Crippen molar-refractivity contribution in [2.45, 2.75) is 40.7 Å². The number of benzene rings is 2. The minimum Gasteiger partial charge on any atom is -0.489 e. The number of aliphatic imine (C=N–C) groups is 1. The highest BCUT2D eigenvalue weighted by Crippen LogP contribution is 2.24. The number of allylic oxidation sites excluding steroid dienone is 4. The van der Waals surface area contributed by atoms with Gasteiger partial charge in [0, 0.05) is 25.0 Å². The first-order chi connectivity index (χ1) is 16.5. The largest absolute Gasteiger partial charge is 0.489 e. The summed E-state index contributed by atoms with van der Waals surface area (Å²) < 4.78 is 5.76. The van der Waals surface area contributed by atoms with Crippen molar-refractivity contribution in [1.29, 1.82) is 5.26 Å². The molecule has 0 unspecified atom stereocenters. The van der Waals surface area contributed by atoms with Crippen molar-refractivity contribution < 1.29 is 14.6 Å². The fraction of sp³-hybridized carbons (Fsp3) is 0.250. The van der Waals surface area contributed by atoms with Crippen molar-refractivity contribution in [2.75, 3.05) is 7.05 Å². The molecule has 0 spiro atoms. The second-order valence-electron chi connectivity index (χ2n) is 6.45. The van der Waals surface area contributed by atoms with Crippen LogP contribution in [0.4, 0.5) is 0 Å². The molecule has 0 aliphatic carbocycles. The molecule has 0 aliphatic heterocycles. The van der Waals surface area contributed by atoms with E-state index in [1.807, 2.05) is 81.4 Å². The number of nitrogens with zero attached hydrogens (tertiary/aromatic N) is 2. The molecular formula is C28H35N3O3. The zero-order valence-electron chi connectivity index (χ0n) is 20.7. The third-order valence-corrected chi connectivity index (χ3v) is 4.23. The van der Waals surface area contributed by atoms with Gasteiger partial charge in [-0.05, 0) is 36.6 Å². The molecule has 0 atom stereocenters. The van der Waals surface area contributed by atoms with Crippen LogP contribution in [-0.2, 0) is 11.4 Å². The minimum absolute atomic E-state index is 0.220. The quantitative estimate of drug-likeness (QED) is 0.211. The average Bonchev–Trinajstić information content (AvgIpc) is 2.88. The van der Waals surface area contributed by atoms with Crippen LogP contribution in [0.1, 0.15) is 45.2 Å². The fourth-order valence-electron chi connectivity index (χ4n) is 2.63. The molecule has 0 bridgehead atoms. The summed E-state index contributed by atoms with van der Waals surface area (Å²) in [5.41, 5.74) is 9.27. The molecule has 2 aromatic rings. The molecule has 0 aliphatic rings. The van der Waals surface area contributed by atoms with E-state index in [1.165, 1.54) is 25.5 Å². The van der Waals surface area contributed by atoms with Crippen molar-refractivity contribution in [1.82, 2.24) is 0 Å². The Morgan fingerprint density at radius 3 is 2.18 bits per heavy atom. The van der Waals surface area contributed by atoms with Crippen molar-refractivity contribution in [3.05, 3.63) is 95.2 Å². The van der Waals surface area contributed by atoms with Gasteiger partial charge in [0.1, 0.15) is 12.4 Å². The standard InChI is InChI=1S/C20H20N2O.C6H9NO2.C2H6/c1-2-6-18(13-21)20(14-22)17-9-11-19(12-10-17)23-15-16-7-4-3-5-8-16;1-3-5(4-7-2)6(8)9;1-2/h3-12,14H,2,15,22H2,1H3;3-4H,1-2H3,(H,8,9);1-2H3/b18-6-,20-14-;5-3+,7-4?;. The van der Waals surface area contributed by atoms with E-state index in [0.29, 0.717) is 12.2 Å². The number of hydrogen-bond acceptors (Lipinski definition) is 5. The smallest absolute Gasteiger partial charge is 0.336 e. The molecule has 34 heavy (non-hydrogen) atoms. The summed E-state index contributed by atoms with van der Waals surface area (Å²) >= 11 is 0. The van der Waals surface area contributed by atoms with Crippen LogP contribution in [0.3, 0.4) is 0 Å². The molecule has 6 heteroatoms. The van der Waals surface area contributed by atoms with E-state index in [2.05, 4.69) is 11.1 Å². The highest BCUT2D eigenvalue weighted by Gasteiger charge is 2.07. The van der Waals surface area contributed by atoms with Crippen LogP contribution >= 0.6 is 0 Å². The Hall–Kier alpha value is -4.11. The number of rotatable bonds is 8. The second-order valence-corrected chi connectivity index (χ2v) is 6.45. The molecule has 2 rings (SSSR count). The predicted molar refractivity (Wildman–Crippen MR) is 141 cm³/mol. The van der Waals surface area contributed by atoms with Crippen LogP contribution in [0, 0.1) is 11.3 Å². The molecule has 0 aromatic heterocycles. The maximum atomic E-state index is 10.2. The third-order valence-electron chi connectivity index (χ3n) is 4.23. The molecule has 3 N–H and O–H groups in total. The van der Waals surface area contributed by atoms with E-state index >= 15 is 0 Å². The summed E-state index contributed by atoms with van der Waals surface area (Å²) in [6.07, 6.45) is 6.94. The summed E-state index contributed by atoms with van der Waals surface area (Å²) in [5, 5.41) is 17.6. The van der Waals surface area contributed by atoms with Gasteiger partial charge in [0.25, 0.3) is 0 Å². The van der Waals surface area contributed by atoms with Gasteiger partial charge < -0.3 is 15.6 Å². The molecule has 0 amide bonds. The van der Waals surface area contributed by atoms with Crippen LogP contribution in [0.15, 0.2) is 89.1 Å². The van der Waals surface area contributed by atoms with Gasteiger partial charge in [0.15, 0.2) is 0 Å². The van der Waals surface area contributed by atoms with Gasteiger partial charge in [-0.25, -0.2) is 4.79 Å². The van der Waals surface area contributed by atoms with E-state index < -0.39 is 5.97 Å². The first-order valence-electron chi connectivity index (χ1n) is 11.1. The molecular weight excluding hydrogens is 426 g/mol. The van der Waals surface area contributed by atoms with E-state index in [4.69, 9.17) is 15.6 Å².